The second kappa shape index (κ2) is 5.51. The van der Waals surface area contributed by atoms with Crippen LogP contribution in [0.15, 0.2) is 22.0 Å². The van der Waals surface area contributed by atoms with Crippen LogP contribution in [0.4, 0.5) is 0 Å². The van der Waals surface area contributed by atoms with Gasteiger partial charge in [0.2, 0.25) is 5.82 Å². The topological polar surface area (TPSA) is 111 Å². The molecule has 0 fully saturated rings. The number of aromatic nitrogens is 7. The number of nitrogens with zero attached hydrogens (tertiary/aromatic N) is 6. The van der Waals surface area contributed by atoms with Crippen molar-refractivity contribution in [3.63, 3.8) is 0 Å². The highest BCUT2D eigenvalue weighted by atomic mass is 16.2. The number of H-pyrrole nitrogens is 1. The standard InChI is InChI=1S/C13H15N7O2/c1-3-4-7-20-11-8(12(21)19(2)13(22)17-11)16-10(18-20)9-14-5-6-15-9/h5-6H,3-4,7H2,1-2H3,(H,14,15). The van der Waals surface area contributed by atoms with Gasteiger partial charge in [-0.1, -0.05) is 13.3 Å². The van der Waals surface area contributed by atoms with Crippen LogP contribution in [0.2, 0.25) is 0 Å². The molecule has 9 heteroatoms. The summed E-state index contributed by atoms with van der Waals surface area (Å²) in [7, 11) is 1.38. The zero-order chi connectivity index (χ0) is 15.7. The molecule has 2 aliphatic rings. The maximum Gasteiger partial charge on any atom is 0.352 e. The molecule has 0 atom stereocenters. The van der Waals surface area contributed by atoms with E-state index in [1.807, 2.05) is 6.92 Å². The smallest absolute Gasteiger partial charge is 0.342 e. The highest BCUT2D eigenvalue weighted by molar-refractivity contribution is 5.53. The van der Waals surface area contributed by atoms with Gasteiger partial charge in [0.25, 0.3) is 5.56 Å². The van der Waals surface area contributed by atoms with E-state index in [0.29, 0.717) is 18.2 Å². The summed E-state index contributed by atoms with van der Waals surface area (Å²) in [6.07, 6.45) is 5.02. The average Bonchev–Trinajstić information content (AvgIpc) is 3.05. The molecule has 0 unspecified atom stereocenters. The minimum absolute atomic E-state index is 0.111. The van der Waals surface area contributed by atoms with Crippen LogP contribution in [-0.4, -0.2) is 34.3 Å². The van der Waals surface area contributed by atoms with Crippen LogP contribution in [0.5, 0.6) is 0 Å². The number of fused-ring (bicyclic) bond motifs is 1. The lowest BCUT2D eigenvalue weighted by Gasteiger charge is -2.13. The first-order valence-electron chi connectivity index (χ1n) is 6.97. The predicted octanol–water partition coefficient (Wildman–Crippen LogP) is 0.0270. The van der Waals surface area contributed by atoms with Crippen molar-refractivity contribution >= 4 is 0 Å². The Morgan fingerprint density at radius 1 is 1.27 bits per heavy atom. The van der Waals surface area contributed by atoms with Gasteiger partial charge in [0.05, 0.1) is 0 Å². The number of nitrogens with one attached hydrogen (secondary N) is 1. The quantitative estimate of drug-likeness (QED) is 0.727. The highest BCUT2D eigenvalue weighted by Gasteiger charge is 2.21. The molecule has 0 spiro atoms. The van der Waals surface area contributed by atoms with E-state index in [9.17, 15) is 9.59 Å². The van der Waals surface area contributed by atoms with E-state index in [1.165, 1.54) is 7.05 Å². The van der Waals surface area contributed by atoms with Crippen molar-refractivity contribution in [3.8, 4) is 23.2 Å². The Bertz CT molecular complexity index is 879. The summed E-state index contributed by atoms with van der Waals surface area (Å²) in [5, 5.41) is 4.36. The van der Waals surface area contributed by atoms with Crippen LogP contribution < -0.4 is 11.2 Å². The SMILES string of the molecule is CCCCn1nc(-c2ncc[nH]2)nc2c(=O)n(C)c(=O)nc1-2. The van der Waals surface area contributed by atoms with Gasteiger partial charge in [-0.05, 0) is 6.42 Å². The number of imidazole rings is 1. The van der Waals surface area contributed by atoms with Gasteiger partial charge in [0.1, 0.15) is 0 Å². The van der Waals surface area contributed by atoms with Crippen molar-refractivity contribution in [3.05, 3.63) is 33.2 Å². The van der Waals surface area contributed by atoms with Gasteiger partial charge < -0.3 is 4.98 Å². The highest BCUT2D eigenvalue weighted by Crippen LogP contribution is 2.15. The Hall–Kier alpha value is -2.84. The van der Waals surface area contributed by atoms with Crippen LogP contribution >= 0.6 is 0 Å². The first-order valence-corrected chi connectivity index (χ1v) is 6.97. The third kappa shape index (κ3) is 2.30. The van der Waals surface area contributed by atoms with E-state index in [0.717, 1.165) is 17.4 Å². The number of aryl methyl sites for hydroxylation is 1. The lowest BCUT2D eigenvalue weighted by atomic mass is 10.3. The third-order valence-corrected chi connectivity index (χ3v) is 3.32. The van der Waals surface area contributed by atoms with Crippen molar-refractivity contribution in [1.29, 1.82) is 0 Å². The minimum Gasteiger partial charge on any atom is -0.342 e. The zero-order valence-electron chi connectivity index (χ0n) is 12.3. The summed E-state index contributed by atoms with van der Waals surface area (Å²) in [4.78, 5) is 39.2. The van der Waals surface area contributed by atoms with Crippen LogP contribution in [0.25, 0.3) is 23.2 Å². The van der Waals surface area contributed by atoms with Crippen molar-refractivity contribution in [1.82, 2.24) is 34.3 Å². The van der Waals surface area contributed by atoms with Gasteiger partial charge in [-0.2, -0.15) is 4.98 Å². The summed E-state index contributed by atoms with van der Waals surface area (Å²) < 4.78 is 2.48. The second-order valence-corrected chi connectivity index (χ2v) is 4.88. The molecular formula is C13H15N7O2. The fraction of sp³-hybridized carbons (Fsp3) is 0.385. The average molecular weight is 301 g/mol. The summed E-state index contributed by atoms with van der Waals surface area (Å²) in [5.41, 5.74) is -0.993. The number of hydrogen-bond donors (Lipinski definition) is 1. The van der Waals surface area contributed by atoms with Crippen LogP contribution in [-0.2, 0) is 13.6 Å². The number of aromatic amines is 1. The molecule has 9 nitrogen and oxygen atoms in total. The lowest BCUT2D eigenvalue weighted by molar-refractivity contribution is 0.546. The molecule has 0 saturated heterocycles. The van der Waals surface area contributed by atoms with Gasteiger partial charge in [0.15, 0.2) is 17.3 Å². The van der Waals surface area contributed by atoms with Gasteiger partial charge in [-0.15, -0.1) is 5.10 Å². The molecule has 3 rings (SSSR count). The van der Waals surface area contributed by atoms with Crippen molar-refractivity contribution in [2.75, 3.05) is 0 Å². The van der Waals surface area contributed by atoms with Crippen LogP contribution in [0, 0.1) is 0 Å². The van der Waals surface area contributed by atoms with Crippen LogP contribution in [0.1, 0.15) is 19.8 Å². The third-order valence-electron chi connectivity index (χ3n) is 3.32. The van der Waals surface area contributed by atoms with Gasteiger partial charge in [-0.25, -0.2) is 19.4 Å². The molecule has 1 aromatic heterocycles. The molecule has 2 aliphatic heterocycles. The molecule has 3 heterocycles. The number of hydrogen-bond acceptors (Lipinski definition) is 6. The minimum atomic E-state index is -0.614. The van der Waals surface area contributed by atoms with Crippen molar-refractivity contribution < 1.29 is 0 Å². The Labute approximate surface area is 125 Å². The second-order valence-electron chi connectivity index (χ2n) is 4.88. The first kappa shape index (κ1) is 14.1. The fourth-order valence-corrected chi connectivity index (χ4v) is 2.08. The molecule has 114 valence electrons. The Kier molecular flexibility index (Phi) is 3.53. The van der Waals surface area contributed by atoms with E-state index in [2.05, 4.69) is 25.0 Å². The molecule has 1 N–H and O–H groups in total. The van der Waals surface area contributed by atoms with Crippen molar-refractivity contribution in [2.24, 2.45) is 7.05 Å². The summed E-state index contributed by atoms with van der Waals surface area (Å²) in [5.74, 6) is 0.961. The molecule has 0 radical (unpaired) electrons. The maximum atomic E-state index is 12.3. The number of rotatable bonds is 4. The molecule has 1 aromatic rings. The van der Waals surface area contributed by atoms with E-state index in [4.69, 9.17) is 0 Å². The molecule has 22 heavy (non-hydrogen) atoms. The molecular weight excluding hydrogens is 286 g/mol. The van der Waals surface area contributed by atoms with E-state index < -0.39 is 11.2 Å². The zero-order valence-corrected chi connectivity index (χ0v) is 12.3. The van der Waals surface area contributed by atoms with E-state index in [-0.39, 0.29) is 11.5 Å². The molecule has 0 aromatic carbocycles. The largest absolute Gasteiger partial charge is 0.352 e. The molecule has 0 bridgehead atoms. The summed E-state index contributed by atoms with van der Waals surface area (Å²) in [6.45, 7) is 2.59. The van der Waals surface area contributed by atoms with Gasteiger partial charge in [0, 0.05) is 26.0 Å². The Morgan fingerprint density at radius 2 is 2.09 bits per heavy atom. The van der Waals surface area contributed by atoms with Gasteiger partial charge >= 0.3 is 5.69 Å². The predicted molar refractivity (Wildman–Crippen MR) is 78.4 cm³/mol. The normalized spacial score (nSPS) is 11.2. The number of unbranched alkanes of at least 4 members (excludes halogenated alkanes) is 1. The fourth-order valence-electron chi connectivity index (χ4n) is 2.08. The van der Waals surface area contributed by atoms with E-state index >= 15 is 0 Å². The Balaban J connectivity index is 2.30. The summed E-state index contributed by atoms with van der Waals surface area (Å²) in [6, 6.07) is 0. The maximum absolute atomic E-state index is 12.3. The van der Waals surface area contributed by atoms with Gasteiger partial charge in [-0.3, -0.25) is 9.36 Å². The molecule has 0 saturated carbocycles. The first-order chi connectivity index (χ1) is 10.6. The monoisotopic (exact) mass is 301 g/mol. The van der Waals surface area contributed by atoms with Crippen molar-refractivity contribution in [2.45, 2.75) is 26.3 Å². The Morgan fingerprint density at radius 3 is 2.77 bits per heavy atom. The molecule has 0 amide bonds. The van der Waals surface area contributed by atoms with E-state index in [1.54, 1.807) is 17.1 Å². The summed E-state index contributed by atoms with van der Waals surface area (Å²) >= 11 is 0. The molecule has 0 aliphatic carbocycles. The lowest BCUT2D eigenvalue weighted by Crippen LogP contribution is -2.37. The van der Waals surface area contributed by atoms with Crippen LogP contribution in [0.3, 0.4) is 0 Å².